The van der Waals surface area contributed by atoms with Gasteiger partial charge in [-0.3, -0.25) is 9.59 Å². The van der Waals surface area contributed by atoms with E-state index < -0.39 is 0 Å². The minimum atomic E-state index is -0.340. The number of amides is 1. The van der Waals surface area contributed by atoms with Gasteiger partial charge in [-0.2, -0.15) is 0 Å². The molecule has 0 aliphatic rings. The predicted octanol–water partition coefficient (Wildman–Crippen LogP) is 3.82. The molecule has 1 N–H and O–H groups in total. The molecule has 0 aliphatic heterocycles. The number of benzene rings is 2. The summed E-state index contributed by atoms with van der Waals surface area (Å²) in [6.45, 7) is -0.241. The first kappa shape index (κ1) is 15.4. The summed E-state index contributed by atoms with van der Waals surface area (Å²) < 4.78 is 5.31. The Kier molecular flexibility index (Phi) is 5.20. The molecule has 2 aromatic carbocycles. The van der Waals surface area contributed by atoms with Crippen molar-refractivity contribution in [2.45, 2.75) is 0 Å². The molecule has 0 bridgehead atoms. The quantitative estimate of drug-likeness (QED) is 0.851. The molecule has 21 heavy (non-hydrogen) atoms. The first-order valence-corrected chi connectivity index (χ1v) is 6.77. The lowest BCUT2D eigenvalue weighted by molar-refractivity contribution is -0.118. The van der Waals surface area contributed by atoms with Crippen LogP contribution in [0.2, 0.25) is 10.0 Å². The lowest BCUT2D eigenvalue weighted by Gasteiger charge is -2.10. The topological polar surface area (TPSA) is 55.4 Å². The van der Waals surface area contributed by atoms with Crippen LogP contribution >= 0.6 is 23.2 Å². The molecule has 6 heteroatoms. The molecule has 2 aromatic rings. The summed E-state index contributed by atoms with van der Waals surface area (Å²) in [5.74, 6) is -0.167. The SMILES string of the molecule is O=Cc1cc(Cl)c(OCC(=O)Nc2ccccc2)c(Cl)c1. The van der Waals surface area contributed by atoms with Gasteiger partial charge < -0.3 is 10.1 Å². The van der Waals surface area contributed by atoms with Crippen LogP contribution in [0.25, 0.3) is 0 Å². The zero-order chi connectivity index (χ0) is 15.2. The van der Waals surface area contributed by atoms with Crippen LogP contribution in [0.5, 0.6) is 5.75 Å². The Morgan fingerprint density at radius 3 is 2.33 bits per heavy atom. The van der Waals surface area contributed by atoms with Gasteiger partial charge in [-0.25, -0.2) is 0 Å². The molecule has 0 fully saturated rings. The van der Waals surface area contributed by atoms with E-state index in [4.69, 9.17) is 27.9 Å². The molecule has 0 heterocycles. The first-order chi connectivity index (χ1) is 10.1. The highest BCUT2D eigenvalue weighted by atomic mass is 35.5. The molecule has 1 amide bonds. The molecule has 0 saturated carbocycles. The number of nitrogens with one attached hydrogen (secondary N) is 1. The zero-order valence-corrected chi connectivity index (χ0v) is 12.3. The summed E-state index contributed by atoms with van der Waals surface area (Å²) in [4.78, 5) is 22.4. The minimum absolute atomic E-state index is 0.173. The van der Waals surface area contributed by atoms with E-state index in [9.17, 15) is 9.59 Å². The molecule has 0 saturated heterocycles. The Labute approximate surface area is 131 Å². The molecule has 2 rings (SSSR count). The predicted molar refractivity (Wildman–Crippen MR) is 82.4 cm³/mol. The number of anilines is 1. The fraction of sp³-hybridized carbons (Fsp3) is 0.0667. The van der Waals surface area contributed by atoms with E-state index in [1.807, 2.05) is 18.2 Å². The van der Waals surface area contributed by atoms with Crippen molar-refractivity contribution in [2.75, 3.05) is 11.9 Å². The number of para-hydroxylation sites is 1. The molecule has 0 aromatic heterocycles. The summed E-state index contributed by atoms with van der Waals surface area (Å²) in [5.41, 5.74) is 1.01. The van der Waals surface area contributed by atoms with Crippen LogP contribution in [0.4, 0.5) is 5.69 Å². The fourth-order valence-electron chi connectivity index (χ4n) is 1.64. The number of carbonyl (C=O) groups is 2. The number of carbonyl (C=O) groups excluding carboxylic acids is 2. The highest BCUT2D eigenvalue weighted by molar-refractivity contribution is 6.37. The van der Waals surface area contributed by atoms with Gasteiger partial charge in [-0.05, 0) is 24.3 Å². The van der Waals surface area contributed by atoms with E-state index in [-0.39, 0.29) is 28.3 Å². The summed E-state index contributed by atoms with van der Waals surface area (Å²) in [6, 6.07) is 11.8. The molecule has 0 spiro atoms. The van der Waals surface area contributed by atoms with Crippen LogP contribution in [0.1, 0.15) is 10.4 Å². The second kappa shape index (κ2) is 7.11. The second-order valence-electron chi connectivity index (χ2n) is 4.13. The third-order valence-electron chi connectivity index (χ3n) is 2.56. The van der Waals surface area contributed by atoms with Gasteiger partial charge in [-0.1, -0.05) is 41.4 Å². The van der Waals surface area contributed by atoms with Crippen molar-refractivity contribution in [3.63, 3.8) is 0 Å². The van der Waals surface area contributed by atoms with Crippen LogP contribution in [-0.2, 0) is 4.79 Å². The standard InChI is InChI=1S/C15H11Cl2NO3/c16-12-6-10(8-19)7-13(17)15(12)21-9-14(20)18-11-4-2-1-3-5-11/h1-8H,9H2,(H,18,20). The molecular weight excluding hydrogens is 313 g/mol. The first-order valence-electron chi connectivity index (χ1n) is 6.02. The Bertz CT molecular complexity index is 636. The Morgan fingerprint density at radius 1 is 1.14 bits per heavy atom. The molecule has 0 aliphatic carbocycles. The van der Waals surface area contributed by atoms with Crippen molar-refractivity contribution in [3.8, 4) is 5.75 Å². The second-order valence-corrected chi connectivity index (χ2v) is 4.95. The number of ether oxygens (including phenoxy) is 1. The number of aldehydes is 1. The van der Waals surface area contributed by atoms with Gasteiger partial charge in [0.2, 0.25) is 0 Å². The lowest BCUT2D eigenvalue weighted by atomic mass is 10.2. The van der Waals surface area contributed by atoms with E-state index in [1.165, 1.54) is 12.1 Å². The maximum atomic E-state index is 11.8. The Morgan fingerprint density at radius 2 is 1.76 bits per heavy atom. The van der Waals surface area contributed by atoms with Crippen molar-refractivity contribution >= 4 is 41.1 Å². The maximum Gasteiger partial charge on any atom is 0.262 e. The molecule has 4 nitrogen and oxygen atoms in total. The van der Waals surface area contributed by atoms with E-state index in [1.54, 1.807) is 12.1 Å². The van der Waals surface area contributed by atoms with E-state index >= 15 is 0 Å². The van der Waals surface area contributed by atoms with E-state index in [2.05, 4.69) is 5.32 Å². The molecule has 0 atom stereocenters. The van der Waals surface area contributed by atoms with E-state index in [0.717, 1.165) is 0 Å². The summed E-state index contributed by atoms with van der Waals surface area (Å²) in [6.07, 6.45) is 0.629. The van der Waals surface area contributed by atoms with Crippen LogP contribution in [-0.4, -0.2) is 18.8 Å². The Hall–Kier alpha value is -2.04. The summed E-state index contributed by atoms with van der Waals surface area (Å²) >= 11 is 11.9. The van der Waals surface area contributed by atoms with Crippen molar-refractivity contribution in [1.82, 2.24) is 0 Å². The van der Waals surface area contributed by atoms with Crippen LogP contribution < -0.4 is 10.1 Å². The van der Waals surface area contributed by atoms with Crippen molar-refractivity contribution < 1.29 is 14.3 Å². The van der Waals surface area contributed by atoms with Gasteiger partial charge in [-0.15, -0.1) is 0 Å². The average Bonchev–Trinajstić information content (AvgIpc) is 2.47. The van der Waals surface area contributed by atoms with Gasteiger partial charge in [0.15, 0.2) is 12.4 Å². The van der Waals surface area contributed by atoms with Gasteiger partial charge in [0.25, 0.3) is 5.91 Å². The van der Waals surface area contributed by atoms with Crippen LogP contribution in [0.15, 0.2) is 42.5 Å². The fourth-order valence-corrected chi connectivity index (χ4v) is 2.25. The third-order valence-corrected chi connectivity index (χ3v) is 3.12. The number of hydrogen-bond acceptors (Lipinski definition) is 3. The van der Waals surface area contributed by atoms with Gasteiger partial charge >= 0.3 is 0 Å². The van der Waals surface area contributed by atoms with Crippen LogP contribution in [0, 0.1) is 0 Å². The molecule has 0 unspecified atom stereocenters. The number of halogens is 2. The summed E-state index contributed by atoms with van der Waals surface area (Å²) in [7, 11) is 0. The lowest BCUT2D eigenvalue weighted by Crippen LogP contribution is -2.20. The van der Waals surface area contributed by atoms with Gasteiger partial charge in [0.05, 0.1) is 10.0 Å². The highest BCUT2D eigenvalue weighted by Gasteiger charge is 2.11. The van der Waals surface area contributed by atoms with E-state index in [0.29, 0.717) is 17.5 Å². The van der Waals surface area contributed by atoms with Crippen molar-refractivity contribution in [2.24, 2.45) is 0 Å². The maximum absolute atomic E-state index is 11.8. The van der Waals surface area contributed by atoms with Gasteiger partial charge in [0.1, 0.15) is 6.29 Å². The third kappa shape index (κ3) is 4.21. The van der Waals surface area contributed by atoms with Gasteiger partial charge in [0, 0.05) is 11.3 Å². The van der Waals surface area contributed by atoms with Crippen molar-refractivity contribution in [1.29, 1.82) is 0 Å². The molecule has 108 valence electrons. The average molecular weight is 324 g/mol. The summed E-state index contributed by atoms with van der Waals surface area (Å²) in [5, 5.41) is 3.02. The van der Waals surface area contributed by atoms with Crippen LogP contribution in [0.3, 0.4) is 0 Å². The molecular formula is C15H11Cl2NO3. The highest BCUT2D eigenvalue weighted by Crippen LogP contribution is 2.33. The molecule has 0 radical (unpaired) electrons. The smallest absolute Gasteiger partial charge is 0.262 e. The van der Waals surface area contributed by atoms with Crippen molar-refractivity contribution in [3.05, 3.63) is 58.1 Å². The monoisotopic (exact) mass is 323 g/mol. The Balaban J connectivity index is 2.00. The normalized spacial score (nSPS) is 10.0. The number of hydrogen-bond donors (Lipinski definition) is 1. The zero-order valence-electron chi connectivity index (χ0n) is 10.8. The minimum Gasteiger partial charge on any atom is -0.481 e. The largest absolute Gasteiger partial charge is 0.481 e. The number of rotatable bonds is 5.